The maximum atomic E-state index is 13.2. The molecule has 1 unspecified atom stereocenters. The summed E-state index contributed by atoms with van der Waals surface area (Å²) in [5, 5.41) is 7.57. The van der Waals surface area contributed by atoms with Gasteiger partial charge in [0.2, 0.25) is 5.91 Å². The van der Waals surface area contributed by atoms with Crippen molar-refractivity contribution in [1.82, 2.24) is 15.5 Å². The van der Waals surface area contributed by atoms with Crippen molar-refractivity contribution in [1.29, 1.82) is 0 Å². The average Bonchev–Trinajstić information content (AvgIpc) is 3.64. The molecule has 4 rings (SSSR count). The molecule has 2 fully saturated rings. The number of nitrogens with one attached hydrogen (secondary N) is 2. The highest BCUT2D eigenvalue weighted by molar-refractivity contribution is 6.42. The summed E-state index contributed by atoms with van der Waals surface area (Å²) in [4.78, 5) is 27.5. The van der Waals surface area contributed by atoms with Gasteiger partial charge >= 0.3 is 0 Å². The standard InChI is InChI=1S/C26H30Cl2FN3O3/c27-21-9-6-18(15-22(21)28)20-16-24(20)30-10-2-1-3-23(26(34)32-11-13-35-14-12-32)31-25(33)17-4-7-19(29)8-5-17/h4-9,15,20,23-24,30H,1-3,10-14,16H2,(H,31,33)/t20-,23-,24?/m0/s1. The van der Waals surface area contributed by atoms with Crippen LogP contribution < -0.4 is 10.6 Å². The normalized spacial score (nSPS) is 20.4. The van der Waals surface area contributed by atoms with E-state index in [1.165, 1.54) is 29.8 Å². The highest BCUT2D eigenvalue weighted by atomic mass is 35.5. The summed E-state index contributed by atoms with van der Waals surface area (Å²) in [6.45, 7) is 2.85. The summed E-state index contributed by atoms with van der Waals surface area (Å²) in [5.74, 6) is -0.446. The molecule has 188 valence electrons. The zero-order valence-corrected chi connectivity index (χ0v) is 21.0. The van der Waals surface area contributed by atoms with Crippen molar-refractivity contribution in [2.45, 2.75) is 43.7 Å². The first-order chi connectivity index (χ1) is 16.9. The largest absolute Gasteiger partial charge is 0.378 e. The number of hydrogen-bond acceptors (Lipinski definition) is 4. The van der Waals surface area contributed by atoms with Gasteiger partial charge in [-0.2, -0.15) is 0 Å². The van der Waals surface area contributed by atoms with Crippen molar-refractivity contribution in [3.63, 3.8) is 0 Å². The van der Waals surface area contributed by atoms with Gasteiger partial charge in [0.05, 0.1) is 23.3 Å². The molecule has 1 saturated heterocycles. The third-order valence-corrected chi connectivity index (χ3v) is 7.26. The van der Waals surface area contributed by atoms with E-state index in [-0.39, 0.29) is 11.8 Å². The molecular weight excluding hydrogens is 492 g/mol. The molecule has 2 aromatic carbocycles. The second-order valence-corrected chi connectivity index (χ2v) is 9.86. The first-order valence-corrected chi connectivity index (χ1v) is 12.8. The quantitative estimate of drug-likeness (QED) is 0.454. The molecule has 3 atom stereocenters. The molecular formula is C26H30Cl2FN3O3. The van der Waals surface area contributed by atoms with Crippen molar-refractivity contribution >= 4 is 35.0 Å². The first-order valence-electron chi connectivity index (χ1n) is 12.0. The lowest BCUT2D eigenvalue weighted by Gasteiger charge is -2.30. The molecule has 0 radical (unpaired) electrons. The maximum absolute atomic E-state index is 13.2. The smallest absolute Gasteiger partial charge is 0.251 e. The lowest BCUT2D eigenvalue weighted by Crippen LogP contribution is -2.51. The minimum absolute atomic E-state index is 0.0985. The number of benzene rings is 2. The van der Waals surface area contributed by atoms with Crippen LogP contribution in [0.25, 0.3) is 0 Å². The summed E-state index contributed by atoms with van der Waals surface area (Å²) >= 11 is 12.1. The van der Waals surface area contributed by atoms with Crippen molar-refractivity contribution in [2.75, 3.05) is 32.8 Å². The van der Waals surface area contributed by atoms with Crippen molar-refractivity contribution in [3.8, 4) is 0 Å². The molecule has 2 aromatic rings. The summed E-state index contributed by atoms with van der Waals surface area (Å²) < 4.78 is 18.6. The fraction of sp³-hybridized carbons (Fsp3) is 0.462. The molecule has 0 spiro atoms. The second-order valence-electron chi connectivity index (χ2n) is 9.04. The second kappa shape index (κ2) is 12.2. The molecule has 1 heterocycles. The molecule has 1 aliphatic heterocycles. The number of carbonyl (C=O) groups is 2. The van der Waals surface area contributed by atoms with Crippen LogP contribution in [-0.4, -0.2) is 61.6 Å². The average molecular weight is 522 g/mol. The van der Waals surface area contributed by atoms with Crippen molar-refractivity contribution < 1.29 is 18.7 Å². The Morgan fingerprint density at radius 1 is 1.06 bits per heavy atom. The van der Waals surface area contributed by atoms with E-state index in [9.17, 15) is 14.0 Å². The molecule has 6 nitrogen and oxygen atoms in total. The van der Waals surface area contributed by atoms with Crippen LogP contribution in [0, 0.1) is 5.82 Å². The van der Waals surface area contributed by atoms with Gasteiger partial charge in [-0.1, -0.05) is 29.3 Å². The Hall–Kier alpha value is -2.19. The van der Waals surface area contributed by atoms with Gasteiger partial charge in [-0.15, -0.1) is 0 Å². The molecule has 0 aromatic heterocycles. The maximum Gasteiger partial charge on any atom is 0.251 e. The van der Waals surface area contributed by atoms with E-state index in [4.69, 9.17) is 27.9 Å². The Morgan fingerprint density at radius 2 is 1.80 bits per heavy atom. The SMILES string of the molecule is O=C(N[C@@H](CCCCNC1C[C@H]1c1ccc(Cl)c(Cl)c1)C(=O)N1CCOCC1)c1ccc(F)cc1. The number of nitrogens with zero attached hydrogens (tertiary/aromatic N) is 1. The summed E-state index contributed by atoms with van der Waals surface area (Å²) in [5.41, 5.74) is 1.52. The molecule has 2 amide bonds. The van der Waals surface area contributed by atoms with Gasteiger partial charge < -0.3 is 20.3 Å². The molecule has 0 bridgehead atoms. The molecule has 35 heavy (non-hydrogen) atoms. The van der Waals surface area contributed by atoms with Crippen LogP contribution in [-0.2, 0) is 9.53 Å². The first kappa shape index (κ1) is 25.9. The molecule has 2 aliphatic rings. The predicted octanol–water partition coefficient (Wildman–Crippen LogP) is 4.41. The third kappa shape index (κ3) is 7.17. The van der Waals surface area contributed by atoms with Crippen LogP contribution in [0.2, 0.25) is 10.0 Å². The predicted molar refractivity (Wildman–Crippen MR) is 135 cm³/mol. The van der Waals surface area contributed by atoms with E-state index < -0.39 is 11.9 Å². The Labute approximate surface area is 215 Å². The van der Waals surface area contributed by atoms with Gasteiger partial charge in [-0.05, 0) is 74.2 Å². The number of amides is 2. The van der Waals surface area contributed by atoms with Crippen LogP contribution in [0.5, 0.6) is 0 Å². The number of unbranched alkanes of at least 4 members (excludes halogenated alkanes) is 1. The summed E-state index contributed by atoms with van der Waals surface area (Å²) in [6, 6.07) is 10.9. The highest BCUT2D eigenvalue weighted by Gasteiger charge is 2.37. The van der Waals surface area contributed by atoms with Gasteiger partial charge in [0.1, 0.15) is 11.9 Å². The van der Waals surface area contributed by atoms with Crippen LogP contribution in [0.15, 0.2) is 42.5 Å². The van der Waals surface area contributed by atoms with Gasteiger partial charge in [-0.3, -0.25) is 9.59 Å². The van der Waals surface area contributed by atoms with E-state index >= 15 is 0 Å². The zero-order valence-electron chi connectivity index (χ0n) is 19.4. The number of hydrogen-bond donors (Lipinski definition) is 2. The van der Waals surface area contributed by atoms with Gasteiger partial charge in [0, 0.05) is 30.6 Å². The Kier molecular flexibility index (Phi) is 9.00. The Bertz CT molecular complexity index is 1030. The van der Waals surface area contributed by atoms with Crippen LogP contribution in [0.4, 0.5) is 4.39 Å². The lowest BCUT2D eigenvalue weighted by molar-refractivity contribution is -0.137. The number of halogens is 3. The molecule has 1 saturated carbocycles. The minimum Gasteiger partial charge on any atom is -0.378 e. The van der Waals surface area contributed by atoms with Crippen molar-refractivity contribution in [2.24, 2.45) is 0 Å². The molecule has 2 N–H and O–H groups in total. The Balaban J connectivity index is 1.25. The van der Waals surface area contributed by atoms with Crippen LogP contribution >= 0.6 is 23.2 Å². The van der Waals surface area contributed by atoms with Gasteiger partial charge in [0.15, 0.2) is 0 Å². The summed E-state index contributed by atoms with van der Waals surface area (Å²) in [6.07, 6.45) is 3.25. The fourth-order valence-electron chi connectivity index (χ4n) is 4.40. The minimum atomic E-state index is -0.629. The van der Waals surface area contributed by atoms with E-state index in [0.29, 0.717) is 60.3 Å². The van der Waals surface area contributed by atoms with Gasteiger partial charge in [-0.25, -0.2) is 4.39 Å². The van der Waals surface area contributed by atoms with Gasteiger partial charge in [0.25, 0.3) is 5.91 Å². The number of rotatable bonds is 10. The highest BCUT2D eigenvalue weighted by Crippen LogP contribution is 2.42. The van der Waals surface area contributed by atoms with E-state index in [1.807, 2.05) is 18.2 Å². The lowest BCUT2D eigenvalue weighted by atomic mass is 10.1. The molecule has 1 aliphatic carbocycles. The van der Waals surface area contributed by atoms with Crippen molar-refractivity contribution in [3.05, 3.63) is 69.5 Å². The van der Waals surface area contributed by atoms with E-state index in [0.717, 1.165) is 25.8 Å². The number of ether oxygens (including phenoxy) is 1. The van der Waals surface area contributed by atoms with Crippen LogP contribution in [0.3, 0.4) is 0 Å². The van der Waals surface area contributed by atoms with E-state index in [2.05, 4.69) is 10.6 Å². The zero-order chi connectivity index (χ0) is 24.8. The monoisotopic (exact) mass is 521 g/mol. The molecule has 9 heteroatoms. The van der Waals surface area contributed by atoms with E-state index in [1.54, 1.807) is 4.90 Å². The third-order valence-electron chi connectivity index (χ3n) is 6.52. The number of morpholine rings is 1. The van der Waals surface area contributed by atoms with Crippen LogP contribution in [0.1, 0.15) is 47.5 Å². The topological polar surface area (TPSA) is 70.7 Å². The Morgan fingerprint density at radius 3 is 2.51 bits per heavy atom. The summed E-state index contributed by atoms with van der Waals surface area (Å²) in [7, 11) is 0. The fourth-order valence-corrected chi connectivity index (χ4v) is 4.70. The number of carbonyl (C=O) groups excluding carboxylic acids is 2.